The third-order valence-electron chi connectivity index (χ3n) is 2.50. The largest absolute Gasteiger partial charge is 0.351 e. The molecule has 74 valence electrons. The first-order valence-electron chi connectivity index (χ1n) is 4.54. The number of amides is 1. The van der Waals surface area contributed by atoms with Gasteiger partial charge in [-0.1, -0.05) is 0 Å². The van der Waals surface area contributed by atoms with Crippen molar-refractivity contribution in [2.24, 2.45) is 5.73 Å². The van der Waals surface area contributed by atoms with Crippen LogP contribution in [0.25, 0.3) is 21.0 Å². The number of carbonyl (C=O) groups excluding carboxylic acids is 1. The van der Waals surface area contributed by atoms with Crippen LogP contribution in [0.4, 0.5) is 4.79 Å². The molecule has 0 saturated carbocycles. The molecule has 0 fully saturated rings. The molecule has 0 radical (unpaired) electrons. The summed E-state index contributed by atoms with van der Waals surface area (Å²) in [4.78, 5) is 11.1. The number of benzene rings is 1. The lowest BCUT2D eigenvalue weighted by atomic mass is 10.2. The maximum atomic E-state index is 11.1. The molecule has 0 spiro atoms. The van der Waals surface area contributed by atoms with Crippen molar-refractivity contribution in [3.05, 3.63) is 35.8 Å². The van der Waals surface area contributed by atoms with Gasteiger partial charge in [-0.2, -0.15) is 0 Å². The third-order valence-corrected chi connectivity index (χ3v) is 3.38. The minimum atomic E-state index is -0.444. The van der Waals surface area contributed by atoms with E-state index in [1.165, 1.54) is 14.7 Å². The molecule has 15 heavy (non-hydrogen) atoms. The minimum Gasteiger partial charge on any atom is -0.351 e. The molecule has 2 aromatic heterocycles. The predicted molar refractivity (Wildman–Crippen MR) is 62.3 cm³/mol. The van der Waals surface area contributed by atoms with Crippen LogP contribution in [0, 0.1) is 0 Å². The van der Waals surface area contributed by atoms with Crippen LogP contribution < -0.4 is 5.73 Å². The van der Waals surface area contributed by atoms with Crippen molar-refractivity contribution < 1.29 is 4.79 Å². The van der Waals surface area contributed by atoms with Crippen LogP contribution in [0.5, 0.6) is 0 Å². The van der Waals surface area contributed by atoms with Crippen LogP contribution in [0.3, 0.4) is 0 Å². The normalized spacial score (nSPS) is 11.2. The zero-order valence-electron chi connectivity index (χ0n) is 7.81. The predicted octanol–water partition coefficient (Wildman–Crippen LogP) is 2.78. The van der Waals surface area contributed by atoms with E-state index in [9.17, 15) is 4.79 Å². The van der Waals surface area contributed by atoms with Gasteiger partial charge in [0, 0.05) is 16.3 Å². The minimum absolute atomic E-state index is 0.444. The Kier molecular flexibility index (Phi) is 1.61. The van der Waals surface area contributed by atoms with Crippen LogP contribution in [-0.2, 0) is 0 Å². The van der Waals surface area contributed by atoms with Gasteiger partial charge < -0.3 is 5.73 Å². The third kappa shape index (κ3) is 1.15. The van der Waals surface area contributed by atoms with Crippen molar-refractivity contribution in [3.63, 3.8) is 0 Å². The fraction of sp³-hybridized carbons (Fsp3) is 0. The van der Waals surface area contributed by atoms with E-state index < -0.39 is 6.03 Å². The average molecular weight is 216 g/mol. The first-order chi connectivity index (χ1) is 7.25. The van der Waals surface area contributed by atoms with Gasteiger partial charge in [0.2, 0.25) is 0 Å². The highest BCUT2D eigenvalue weighted by atomic mass is 32.1. The summed E-state index contributed by atoms with van der Waals surface area (Å²) in [5.41, 5.74) is 6.14. The number of aromatic nitrogens is 1. The second-order valence-corrected chi connectivity index (χ2v) is 4.34. The lowest BCUT2D eigenvalue weighted by molar-refractivity contribution is 0.251. The maximum absolute atomic E-state index is 11.1. The van der Waals surface area contributed by atoms with Crippen LogP contribution in [-0.4, -0.2) is 10.6 Å². The number of nitrogens with two attached hydrogens (primary N) is 1. The molecule has 3 aromatic rings. The van der Waals surface area contributed by atoms with Gasteiger partial charge in [0.1, 0.15) is 0 Å². The van der Waals surface area contributed by atoms with Crippen molar-refractivity contribution in [1.29, 1.82) is 0 Å². The van der Waals surface area contributed by atoms with Crippen LogP contribution in [0.1, 0.15) is 0 Å². The van der Waals surface area contributed by atoms with Gasteiger partial charge in [-0.15, -0.1) is 11.3 Å². The summed E-state index contributed by atoms with van der Waals surface area (Å²) in [6.07, 6.45) is 1.70. The van der Waals surface area contributed by atoms with Gasteiger partial charge >= 0.3 is 6.03 Å². The van der Waals surface area contributed by atoms with Crippen LogP contribution >= 0.6 is 11.3 Å². The van der Waals surface area contributed by atoms with E-state index in [-0.39, 0.29) is 0 Å². The average Bonchev–Trinajstić information content (AvgIpc) is 2.77. The number of hydrogen-bond donors (Lipinski definition) is 1. The molecule has 1 amide bonds. The van der Waals surface area contributed by atoms with Crippen molar-refractivity contribution in [2.45, 2.75) is 0 Å². The Morgan fingerprint density at radius 1 is 1.27 bits per heavy atom. The van der Waals surface area contributed by atoms with Crippen LogP contribution in [0.15, 0.2) is 35.8 Å². The Hall–Kier alpha value is -1.81. The summed E-state index contributed by atoms with van der Waals surface area (Å²) in [7, 11) is 0. The van der Waals surface area contributed by atoms with Gasteiger partial charge in [-0.05, 0) is 35.0 Å². The van der Waals surface area contributed by atoms with E-state index in [1.807, 2.05) is 17.5 Å². The van der Waals surface area contributed by atoms with Gasteiger partial charge in [-0.25, -0.2) is 4.79 Å². The molecule has 0 atom stereocenters. The molecule has 4 heteroatoms. The Morgan fingerprint density at radius 2 is 2.13 bits per heavy atom. The van der Waals surface area contributed by atoms with Gasteiger partial charge in [0.05, 0.1) is 5.52 Å². The quantitative estimate of drug-likeness (QED) is 0.617. The summed E-state index contributed by atoms with van der Waals surface area (Å²) >= 11 is 1.66. The second kappa shape index (κ2) is 2.84. The first-order valence-corrected chi connectivity index (χ1v) is 5.42. The first kappa shape index (κ1) is 8.49. The van der Waals surface area contributed by atoms with E-state index in [4.69, 9.17) is 5.73 Å². The fourth-order valence-electron chi connectivity index (χ4n) is 1.79. The molecule has 0 aliphatic carbocycles. The molecule has 3 nitrogen and oxygen atoms in total. The smallest absolute Gasteiger partial charge is 0.323 e. The number of thiophene rings is 1. The van der Waals surface area contributed by atoms with Crippen molar-refractivity contribution in [3.8, 4) is 0 Å². The summed E-state index contributed by atoms with van der Waals surface area (Å²) in [6, 6.07) is 7.60. The summed E-state index contributed by atoms with van der Waals surface area (Å²) < 4.78 is 2.64. The Labute approximate surface area is 89.7 Å². The van der Waals surface area contributed by atoms with Gasteiger partial charge in [0.15, 0.2) is 0 Å². The van der Waals surface area contributed by atoms with Gasteiger partial charge in [-0.3, -0.25) is 4.57 Å². The number of primary amides is 1. The number of nitrogens with zero attached hydrogens (tertiary/aromatic N) is 1. The fourth-order valence-corrected chi connectivity index (χ4v) is 2.59. The van der Waals surface area contributed by atoms with E-state index in [2.05, 4.69) is 12.1 Å². The lowest BCUT2D eigenvalue weighted by Crippen LogP contribution is -2.17. The maximum Gasteiger partial charge on any atom is 0.323 e. The summed E-state index contributed by atoms with van der Waals surface area (Å²) in [5.74, 6) is 0. The Bertz CT molecular complexity index is 665. The number of carbonyl (C=O) groups is 1. The van der Waals surface area contributed by atoms with E-state index in [0.717, 1.165) is 10.9 Å². The van der Waals surface area contributed by atoms with Crippen molar-refractivity contribution >= 4 is 38.4 Å². The number of rotatable bonds is 0. The standard InChI is InChI=1S/C11H8N2OS/c12-11(14)13-3-1-7-5-8-2-4-15-10(8)6-9(7)13/h1-6H,(H2,12,14). The summed E-state index contributed by atoms with van der Waals surface area (Å²) in [6.45, 7) is 0. The molecular formula is C11H8N2OS. The van der Waals surface area contributed by atoms with E-state index in [1.54, 1.807) is 17.5 Å². The van der Waals surface area contributed by atoms with Crippen LogP contribution in [0.2, 0.25) is 0 Å². The lowest BCUT2D eigenvalue weighted by Gasteiger charge is -1.98. The molecule has 0 aliphatic rings. The van der Waals surface area contributed by atoms with E-state index in [0.29, 0.717) is 0 Å². The highest BCUT2D eigenvalue weighted by Gasteiger charge is 2.06. The molecule has 1 aromatic carbocycles. The molecule has 0 bridgehead atoms. The van der Waals surface area contributed by atoms with Crippen molar-refractivity contribution in [1.82, 2.24) is 4.57 Å². The molecule has 2 N–H and O–H groups in total. The molecular weight excluding hydrogens is 208 g/mol. The zero-order valence-corrected chi connectivity index (χ0v) is 8.62. The monoisotopic (exact) mass is 216 g/mol. The molecule has 2 heterocycles. The SMILES string of the molecule is NC(=O)n1ccc2cc3ccsc3cc21. The summed E-state index contributed by atoms with van der Waals surface area (Å²) in [5, 5.41) is 4.28. The Balaban J connectivity index is 2.46. The second-order valence-electron chi connectivity index (χ2n) is 3.39. The number of hydrogen-bond acceptors (Lipinski definition) is 2. The highest BCUT2D eigenvalue weighted by Crippen LogP contribution is 2.27. The molecule has 0 unspecified atom stereocenters. The topological polar surface area (TPSA) is 48.0 Å². The zero-order chi connectivity index (χ0) is 10.4. The molecule has 3 rings (SSSR count). The number of fused-ring (bicyclic) bond motifs is 2. The van der Waals surface area contributed by atoms with Crippen molar-refractivity contribution in [2.75, 3.05) is 0 Å². The molecule has 0 saturated heterocycles. The Morgan fingerprint density at radius 3 is 2.93 bits per heavy atom. The molecule has 0 aliphatic heterocycles. The highest BCUT2D eigenvalue weighted by molar-refractivity contribution is 7.17. The van der Waals surface area contributed by atoms with Gasteiger partial charge in [0.25, 0.3) is 0 Å². The van der Waals surface area contributed by atoms with E-state index >= 15 is 0 Å².